The maximum Gasteiger partial charge on any atom is 0.200 e. The number of phenolic OH excluding ortho intramolecular Hbond substituents is 3. The average Bonchev–Trinajstić information content (AvgIpc) is 2.57. The number of nitrogens with zero attached hydrogens (tertiary/aromatic N) is 1. The van der Waals surface area contributed by atoms with Crippen LogP contribution in [0.5, 0.6) is 17.2 Å². The molecule has 2 aromatic rings. The van der Waals surface area contributed by atoms with E-state index in [0.29, 0.717) is 6.04 Å². The Hall–Kier alpha value is -2.20. The minimum atomic E-state index is -0.406. The van der Waals surface area contributed by atoms with Crippen molar-refractivity contribution in [2.24, 2.45) is 0 Å². The van der Waals surface area contributed by atoms with E-state index in [0.717, 1.165) is 36.9 Å². The fraction of sp³-hybridized carbons (Fsp3) is 0.368. The van der Waals surface area contributed by atoms with Crippen LogP contribution in [0.2, 0.25) is 0 Å². The standard InChI is InChI=1S/C19H21NO3/c1-20-8-7-19(13-5-3-2-4-6-13)11-14(20)9-12-10-15(21)17(22)18(23)16(12)19/h2-6,10,14,21-23H,7-9,11H2,1H3. The highest BCUT2D eigenvalue weighted by atomic mass is 16.3. The fourth-order valence-corrected chi connectivity index (χ4v) is 4.47. The summed E-state index contributed by atoms with van der Waals surface area (Å²) in [7, 11) is 2.13. The van der Waals surface area contributed by atoms with Crippen LogP contribution in [0.25, 0.3) is 0 Å². The quantitative estimate of drug-likeness (QED) is 0.709. The van der Waals surface area contributed by atoms with Gasteiger partial charge in [-0.05, 0) is 50.0 Å². The Morgan fingerprint density at radius 2 is 1.83 bits per heavy atom. The van der Waals surface area contributed by atoms with Gasteiger partial charge in [-0.15, -0.1) is 0 Å². The van der Waals surface area contributed by atoms with Gasteiger partial charge in [0, 0.05) is 17.0 Å². The van der Waals surface area contributed by atoms with Gasteiger partial charge >= 0.3 is 0 Å². The Morgan fingerprint density at radius 1 is 1.09 bits per heavy atom. The zero-order valence-corrected chi connectivity index (χ0v) is 13.2. The highest BCUT2D eigenvalue weighted by Gasteiger charge is 2.48. The van der Waals surface area contributed by atoms with Gasteiger partial charge in [-0.1, -0.05) is 30.3 Å². The molecule has 1 saturated heterocycles. The summed E-state index contributed by atoms with van der Waals surface area (Å²) in [6.45, 7) is 0.945. The number of aromatic hydroxyl groups is 3. The van der Waals surface area contributed by atoms with Gasteiger partial charge in [-0.3, -0.25) is 0 Å². The maximum absolute atomic E-state index is 10.6. The minimum Gasteiger partial charge on any atom is -0.504 e. The number of hydrogen-bond acceptors (Lipinski definition) is 4. The van der Waals surface area contributed by atoms with Crippen LogP contribution in [0.4, 0.5) is 0 Å². The smallest absolute Gasteiger partial charge is 0.200 e. The molecule has 0 radical (unpaired) electrons. The van der Waals surface area contributed by atoms with Crippen molar-refractivity contribution in [3.8, 4) is 17.2 Å². The monoisotopic (exact) mass is 311 g/mol. The van der Waals surface area contributed by atoms with E-state index in [1.807, 2.05) is 18.2 Å². The molecule has 0 amide bonds. The molecule has 23 heavy (non-hydrogen) atoms. The van der Waals surface area contributed by atoms with Gasteiger partial charge < -0.3 is 20.2 Å². The van der Waals surface area contributed by atoms with Crippen LogP contribution in [-0.4, -0.2) is 39.9 Å². The molecule has 1 aliphatic heterocycles. The minimum absolute atomic E-state index is 0.160. The van der Waals surface area contributed by atoms with E-state index in [1.165, 1.54) is 5.56 Å². The van der Waals surface area contributed by atoms with Crippen molar-refractivity contribution < 1.29 is 15.3 Å². The Kier molecular flexibility index (Phi) is 3.07. The summed E-state index contributed by atoms with van der Waals surface area (Å²) < 4.78 is 0. The lowest BCUT2D eigenvalue weighted by atomic mass is 9.60. The van der Waals surface area contributed by atoms with E-state index >= 15 is 0 Å². The first kappa shape index (κ1) is 14.4. The van der Waals surface area contributed by atoms with Crippen LogP contribution >= 0.6 is 0 Å². The van der Waals surface area contributed by atoms with Crippen molar-refractivity contribution in [2.75, 3.05) is 13.6 Å². The SMILES string of the molecule is CN1CCC2(c3ccccc3)CC1Cc1cc(O)c(O)c(O)c12. The van der Waals surface area contributed by atoms with E-state index in [9.17, 15) is 15.3 Å². The normalized spacial score (nSPS) is 26.7. The lowest BCUT2D eigenvalue weighted by molar-refractivity contribution is 0.120. The van der Waals surface area contributed by atoms with E-state index in [2.05, 4.69) is 24.1 Å². The van der Waals surface area contributed by atoms with Crippen molar-refractivity contribution in [1.29, 1.82) is 0 Å². The van der Waals surface area contributed by atoms with Gasteiger partial charge in [0.25, 0.3) is 0 Å². The molecule has 4 nitrogen and oxygen atoms in total. The molecule has 3 N–H and O–H groups in total. The Balaban J connectivity index is 2.01. The fourth-order valence-electron chi connectivity index (χ4n) is 4.47. The van der Waals surface area contributed by atoms with Gasteiger partial charge in [0.15, 0.2) is 11.5 Å². The highest BCUT2D eigenvalue weighted by molar-refractivity contribution is 5.63. The topological polar surface area (TPSA) is 63.9 Å². The number of rotatable bonds is 1. The van der Waals surface area contributed by atoms with Gasteiger partial charge in [0.1, 0.15) is 0 Å². The summed E-state index contributed by atoms with van der Waals surface area (Å²) in [5.74, 6) is -0.810. The lowest BCUT2D eigenvalue weighted by Crippen LogP contribution is -2.52. The summed E-state index contributed by atoms with van der Waals surface area (Å²) in [6.07, 6.45) is 2.58. The molecule has 2 unspecified atom stereocenters. The van der Waals surface area contributed by atoms with E-state index < -0.39 is 5.75 Å². The molecule has 4 rings (SSSR count). The lowest BCUT2D eigenvalue weighted by Gasteiger charge is -2.50. The molecule has 1 fully saturated rings. The van der Waals surface area contributed by atoms with Crippen molar-refractivity contribution in [1.82, 2.24) is 4.90 Å². The third kappa shape index (κ3) is 1.94. The first-order valence-electron chi connectivity index (χ1n) is 8.06. The third-order valence-electron chi connectivity index (χ3n) is 5.69. The molecular formula is C19H21NO3. The summed E-state index contributed by atoms with van der Waals surface area (Å²) in [6, 6.07) is 12.2. The second kappa shape index (κ2) is 4.90. The molecule has 0 spiro atoms. The second-order valence-corrected chi connectivity index (χ2v) is 6.87. The van der Waals surface area contributed by atoms with E-state index in [4.69, 9.17) is 0 Å². The molecule has 2 atom stereocenters. The number of likely N-dealkylation sites (tertiary alicyclic amines) is 1. The van der Waals surface area contributed by atoms with Crippen LogP contribution in [0.15, 0.2) is 36.4 Å². The van der Waals surface area contributed by atoms with Crippen molar-refractivity contribution in [3.63, 3.8) is 0 Å². The predicted octanol–water partition coefficient (Wildman–Crippen LogP) is 2.74. The summed E-state index contributed by atoms with van der Waals surface area (Å²) in [5.41, 5.74) is 2.59. The molecule has 0 saturated carbocycles. The summed E-state index contributed by atoms with van der Waals surface area (Å²) in [4.78, 5) is 2.35. The molecule has 0 aromatic heterocycles. The maximum atomic E-state index is 10.6. The highest BCUT2D eigenvalue weighted by Crippen LogP contribution is 2.55. The first-order chi connectivity index (χ1) is 11.0. The predicted molar refractivity (Wildman–Crippen MR) is 88.0 cm³/mol. The van der Waals surface area contributed by atoms with Gasteiger partial charge in [-0.25, -0.2) is 0 Å². The van der Waals surface area contributed by atoms with E-state index in [-0.39, 0.29) is 16.9 Å². The molecule has 2 aromatic carbocycles. The first-order valence-corrected chi connectivity index (χ1v) is 8.06. The molecular weight excluding hydrogens is 290 g/mol. The molecule has 4 heteroatoms. The summed E-state index contributed by atoms with van der Waals surface area (Å²) >= 11 is 0. The number of benzene rings is 2. The Labute approximate surface area is 135 Å². The van der Waals surface area contributed by atoms with Gasteiger partial charge in [-0.2, -0.15) is 0 Å². The number of piperidine rings is 1. The molecule has 120 valence electrons. The van der Waals surface area contributed by atoms with Crippen LogP contribution in [0, 0.1) is 0 Å². The van der Waals surface area contributed by atoms with Crippen LogP contribution in [0.1, 0.15) is 29.5 Å². The van der Waals surface area contributed by atoms with Crippen molar-refractivity contribution >= 4 is 0 Å². The molecule has 1 aliphatic carbocycles. The van der Waals surface area contributed by atoms with E-state index in [1.54, 1.807) is 6.07 Å². The Bertz CT molecular complexity index is 759. The van der Waals surface area contributed by atoms with Crippen molar-refractivity contribution in [3.05, 3.63) is 53.1 Å². The zero-order chi connectivity index (χ0) is 16.2. The largest absolute Gasteiger partial charge is 0.504 e. The third-order valence-corrected chi connectivity index (χ3v) is 5.69. The van der Waals surface area contributed by atoms with Crippen LogP contribution in [-0.2, 0) is 11.8 Å². The summed E-state index contributed by atoms with van der Waals surface area (Å²) in [5, 5.41) is 30.6. The number of likely N-dealkylation sites (N-methyl/N-ethyl adjacent to an activating group) is 1. The number of phenols is 3. The molecule has 1 heterocycles. The number of fused-ring (bicyclic) bond motifs is 4. The average molecular weight is 311 g/mol. The van der Waals surface area contributed by atoms with Gasteiger partial charge in [0.2, 0.25) is 5.75 Å². The van der Waals surface area contributed by atoms with Crippen LogP contribution < -0.4 is 0 Å². The Morgan fingerprint density at radius 3 is 2.57 bits per heavy atom. The molecule has 2 aliphatic rings. The second-order valence-electron chi connectivity index (χ2n) is 6.87. The molecule has 2 bridgehead atoms. The van der Waals surface area contributed by atoms with Crippen molar-refractivity contribution in [2.45, 2.75) is 30.7 Å². The van der Waals surface area contributed by atoms with Gasteiger partial charge in [0.05, 0.1) is 0 Å². The zero-order valence-electron chi connectivity index (χ0n) is 13.2. The van der Waals surface area contributed by atoms with Crippen LogP contribution in [0.3, 0.4) is 0 Å². The number of hydrogen-bond donors (Lipinski definition) is 3.